The smallest absolute Gasteiger partial charge is 0.398 e. The van der Waals surface area contributed by atoms with Crippen LogP contribution in [0.25, 0.3) is 5.69 Å². The SMILES string of the molecule is CC(C)c1cn(-c2ccc([N+](=O)[O-])cc2)nc1B1OC(C)(C)C(C)(C)O1. The minimum atomic E-state index is -0.545. The summed E-state index contributed by atoms with van der Waals surface area (Å²) in [5, 5.41) is 15.5. The van der Waals surface area contributed by atoms with Gasteiger partial charge in [0.1, 0.15) is 0 Å². The van der Waals surface area contributed by atoms with Crippen molar-refractivity contribution >= 4 is 18.4 Å². The van der Waals surface area contributed by atoms with Crippen LogP contribution < -0.4 is 5.59 Å². The number of aromatic nitrogens is 2. The van der Waals surface area contributed by atoms with Crippen LogP contribution in [0.3, 0.4) is 0 Å². The largest absolute Gasteiger partial charge is 0.516 e. The van der Waals surface area contributed by atoms with Crippen LogP contribution in [-0.4, -0.2) is 33.0 Å². The summed E-state index contributed by atoms with van der Waals surface area (Å²) in [6, 6.07) is 6.31. The first-order chi connectivity index (χ1) is 12.0. The number of rotatable bonds is 4. The van der Waals surface area contributed by atoms with Crippen LogP contribution in [-0.2, 0) is 9.31 Å². The predicted molar refractivity (Wildman–Crippen MR) is 100 cm³/mol. The Hall–Kier alpha value is -2.19. The first-order valence-corrected chi connectivity index (χ1v) is 8.72. The van der Waals surface area contributed by atoms with Crippen LogP contribution in [0.2, 0.25) is 0 Å². The molecule has 0 aliphatic carbocycles. The van der Waals surface area contributed by atoms with Crippen molar-refractivity contribution in [3.05, 3.63) is 46.1 Å². The normalized spacial score (nSPS) is 18.5. The second-order valence-electron chi connectivity index (χ2n) is 7.93. The average Bonchev–Trinajstić information content (AvgIpc) is 3.07. The van der Waals surface area contributed by atoms with E-state index in [1.165, 1.54) is 12.1 Å². The summed E-state index contributed by atoms with van der Waals surface area (Å²) in [5.41, 5.74) is 1.70. The van der Waals surface area contributed by atoms with Gasteiger partial charge in [-0.2, -0.15) is 5.10 Å². The zero-order valence-electron chi connectivity index (χ0n) is 16.0. The number of nitro benzene ring substituents is 1. The van der Waals surface area contributed by atoms with Gasteiger partial charge in [-0.05, 0) is 51.3 Å². The molecule has 0 N–H and O–H groups in total. The summed E-state index contributed by atoms with van der Waals surface area (Å²) in [6.45, 7) is 12.2. The average molecular weight is 357 g/mol. The first kappa shape index (κ1) is 18.6. The summed E-state index contributed by atoms with van der Waals surface area (Å²) < 4.78 is 14.0. The zero-order chi connectivity index (χ0) is 19.3. The molecule has 1 aliphatic rings. The Balaban J connectivity index is 1.99. The van der Waals surface area contributed by atoms with Crippen LogP contribution >= 0.6 is 0 Å². The third kappa shape index (κ3) is 3.15. The van der Waals surface area contributed by atoms with E-state index in [1.807, 2.05) is 33.9 Å². The molecule has 138 valence electrons. The molecule has 0 radical (unpaired) electrons. The topological polar surface area (TPSA) is 79.4 Å². The van der Waals surface area contributed by atoms with Crippen LogP contribution in [0.1, 0.15) is 53.0 Å². The van der Waals surface area contributed by atoms with Crippen LogP contribution in [0.15, 0.2) is 30.5 Å². The van der Waals surface area contributed by atoms with Crippen molar-refractivity contribution in [2.45, 2.75) is 58.7 Å². The van der Waals surface area contributed by atoms with E-state index in [2.05, 4.69) is 18.9 Å². The molecule has 8 heteroatoms. The van der Waals surface area contributed by atoms with Crippen molar-refractivity contribution in [1.82, 2.24) is 9.78 Å². The molecule has 1 aromatic heterocycles. The molecule has 2 aromatic rings. The van der Waals surface area contributed by atoms with Gasteiger partial charge in [0.05, 0.1) is 27.4 Å². The maximum atomic E-state index is 10.8. The van der Waals surface area contributed by atoms with E-state index in [-0.39, 0.29) is 11.6 Å². The Morgan fingerprint density at radius 3 is 2.12 bits per heavy atom. The van der Waals surface area contributed by atoms with E-state index in [0.717, 1.165) is 16.8 Å². The molecule has 0 atom stereocenters. The van der Waals surface area contributed by atoms with Gasteiger partial charge in [-0.25, -0.2) is 4.68 Å². The summed E-state index contributed by atoms with van der Waals surface area (Å²) in [7, 11) is -0.545. The lowest BCUT2D eigenvalue weighted by atomic mass is 9.79. The van der Waals surface area contributed by atoms with Gasteiger partial charge in [-0.15, -0.1) is 0 Å². The van der Waals surface area contributed by atoms with Gasteiger partial charge in [0.2, 0.25) is 0 Å². The highest BCUT2D eigenvalue weighted by molar-refractivity contribution is 6.61. The number of hydrogen-bond donors (Lipinski definition) is 0. The second kappa shape index (κ2) is 6.21. The van der Waals surface area contributed by atoms with Crippen LogP contribution in [0.4, 0.5) is 5.69 Å². The summed E-state index contributed by atoms with van der Waals surface area (Å²) >= 11 is 0. The third-order valence-electron chi connectivity index (χ3n) is 5.20. The molecular formula is C18H24BN3O4. The summed E-state index contributed by atoms with van der Waals surface area (Å²) in [5.74, 6) is 0.232. The molecule has 3 rings (SSSR count). The van der Waals surface area contributed by atoms with Crippen LogP contribution in [0.5, 0.6) is 0 Å². The Kier molecular flexibility index (Phi) is 4.44. The highest BCUT2D eigenvalue weighted by Gasteiger charge is 2.53. The molecule has 1 aromatic carbocycles. The molecule has 2 heterocycles. The van der Waals surface area contributed by atoms with E-state index in [0.29, 0.717) is 0 Å². The number of nitro groups is 1. The lowest BCUT2D eigenvalue weighted by Gasteiger charge is -2.32. The highest BCUT2D eigenvalue weighted by Crippen LogP contribution is 2.37. The minimum absolute atomic E-state index is 0.0520. The maximum absolute atomic E-state index is 10.8. The van der Waals surface area contributed by atoms with Gasteiger partial charge >= 0.3 is 7.12 Å². The van der Waals surface area contributed by atoms with E-state index < -0.39 is 23.2 Å². The van der Waals surface area contributed by atoms with Crippen molar-refractivity contribution < 1.29 is 14.2 Å². The molecular weight excluding hydrogens is 333 g/mol. The third-order valence-corrected chi connectivity index (χ3v) is 5.20. The zero-order valence-corrected chi connectivity index (χ0v) is 16.0. The molecule has 7 nitrogen and oxygen atoms in total. The van der Waals surface area contributed by atoms with E-state index >= 15 is 0 Å². The highest BCUT2D eigenvalue weighted by atomic mass is 16.7. The Bertz CT molecular complexity index is 811. The Labute approximate surface area is 153 Å². The molecule has 0 bridgehead atoms. The number of non-ortho nitro benzene ring substituents is 1. The molecule has 1 fully saturated rings. The van der Waals surface area contributed by atoms with Gasteiger partial charge < -0.3 is 9.31 Å². The molecule has 26 heavy (non-hydrogen) atoms. The van der Waals surface area contributed by atoms with Crippen molar-refractivity contribution in [3.63, 3.8) is 0 Å². The van der Waals surface area contributed by atoms with Crippen molar-refractivity contribution in [2.24, 2.45) is 0 Å². The Morgan fingerprint density at radius 1 is 1.12 bits per heavy atom. The van der Waals surface area contributed by atoms with E-state index in [1.54, 1.807) is 16.8 Å². The predicted octanol–water partition coefficient (Wildman–Crippen LogP) is 3.20. The van der Waals surface area contributed by atoms with Gasteiger partial charge in [0.25, 0.3) is 5.69 Å². The number of hydrogen-bond acceptors (Lipinski definition) is 5. The van der Waals surface area contributed by atoms with E-state index in [4.69, 9.17) is 9.31 Å². The summed E-state index contributed by atoms with van der Waals surface area (Å²) in [4.78, 5) is 10.4. The Morgan fingerprint density at radius 2 is 1.65 bits per heavy atom. The summed E-state index contributed by atoms with van der Waals surface area (Å²) in [6.07, 6.45) is 1.94. The van der Waals surface area contributed by atoms with Crippen molar-refractivity contribution in [2.75, 3.05) is 0 Å². The molecule has 0 saturated carbocycles. The van der Waals surface area contributed by atoms with Gasteiger partial charge in [0.15, 0.2) is 0 Å². The number of benzene rings is 1. The first-order valence-electron chi connectivity index (χ1n) is 8.72. The van der Waals surface area contributed by atoms with Crippen molar-refractivity contribution in [1.29, 1.82) is 0 Å². The second-order valence-corrected chi connectivity index (χ2v) is 7.93. The quantitative estimate of drug-likeness (QED) is 0.477. The molecule has 0 amide bonds. The standard InChI is InChI=1S/C18H24BN3O4/c1-12(2)15-11-21(13-7-9-14(10-8-13)22(23)24)20-16(15)19-25-17(3,4)18(5,6)26-19/h7-12H,1-6H3. The molecule has 1 saturated heterocycles. The van der Waals surface area contributed by atoms with Gasteiger partial charge in [0, 0.05) is 18.3 Å². The number of nitrogens with zero attached hydrogens (tertiary/aromatic N) is 3. The minimum Gasteiger partial charge on any atom is -0.398 e. The molecule has 1 aliphatic heterocycles. The van der Waals surface area contributed by atoms with E-state index in [9.17, 15) is 10.1 Å². The fourth-order valence-electron chi connectivity index (χ4n) is 2.84. The maximum Gasteiger partial charge on any atom is 0.516 e. The van der Waals surface area contributed by atoms with Crippen molar-refractivity contribution in [3.8, 4) is 5.69 Å². The van der Waals surface area contributed by atoms with Gasteiger partial charge in [-0.1, -0.05) is 13.8 Å². The lowest BCUT2D eigenvalue weighted by molar-refractivity contribution is -0.384. The van der Waals surface area contributed by atoms with Gasteiger partial charge in [-0.3, -0.25) is 10.1 Å². The fraction of sp³-hybridized carbons (Fsp3) is 0.500. The van der Waals surface area contributed by atoms with Crippen LogP contribution in [0, 0.1) is 10.1 Å². The monoisotopic (exact) mass is 357 g/mol. The fourth-order valence-corrected chi connectivity index (χ4v) is 2.84. The molecule has 0 unspecified atom stereocenters. The lowest BCUT2D eigenvalue weighted by Crippen LogP contribution is -2.41. The molecule has 0 spiro atoms.